The van der Waals surface area contributed by atoms with Gasteiger partial charge >= 0.3 is 0 Å². The molecule has 5 nitrogen and oxygen atoms in total. The van der Waals surface area contributed by atoms with E-state index in [4.69, 9.17) is 10.5 Å². The normalized spacial score (nSPS) is 13.3. The second-order valence-corrected chi connectivity index (χ2v) is 6.28. The maximum absolute atomic E-state index is 12.0. The average molecular weight is 342 g/mol. The molecule has 2 atom stereocenters. The standard InChI is InChI=1S/C20H26N2O3/c1-14(2)25-17-10-8-16(9-11-17)19(23)13-22-20(24)12-18(21)15-6-4-3-5-7-15/h3-11,14,18-19,23H,12-13,21H2,1-2H3,(H,22,24). The Morgan fingerprint density at radius 2 is 1.72 bits per heavy atom. The number of carbonyl (C=O) groups excluding carboxylic acids is 1. The van der Waals surface area contributed by atoms with Gasteiger partial charge in [-0.15, -0.1) is 0 Å². The van der Waals surface area contributed by atoms with Gasteiger partial charge in [0.2, 0.25) is 5.91 Å². The second kappa shape index (κ2) is 9.20. The average Bonchev–Trinajstić information content (AvgIpc) is 2.60. The highest BCUT2D eigenvalue weighted by Gasteiger charge is 2.14. The van der Waals surface area contributed by atoms with Crippen LogP contribution in [0.3, 0.4) is 0 Å². The first-order chi connectivity index (χ1) is 12.0. The Labute approximate surface area is 148 Å². The molecule has 0 aliphatic carbocycles. The maximum atomic E-state index is 12.0. The van der Waals surface area contributed by atoms with Gasteiger partial charge in [0.1, 0.15) is 5.75 Å². The smallest absolute Gasteiger partial charge is 0.222 e. The number of ether oxygens (including phenoxy) is 1. The molecule has 0 aliphatic heterocycles. The minimum atomic E-state index is -0.773. The van der Waals surface area contributed by atoms with E-state index in [0.717, 1.165) is 16.9 Å². The van der Waals surface area contributed by atoms with Crippen LogP contribution in [0.5, 0.6) is 5.75 Å². The van der Waals surface area contributed by atoms with Crippen molar-refractivity contribution in [1.82, 2.24) is 5.32 Å². The number of hydrogen-bond donors (Lipinski definition) is 3. The molecule has 0 heterocycles. The van der Waals surface area contributed by atoms with Gasteiger partial charge in [0, 0.05) is 19.0 Å². The van der Waals surface area contributed by atoms with E-state index < -0.39 is 6.10 Å². The van der Waals surface area contributed by atoms with Crippen LogP contribution in [0, 0.1) is 0 Å². The highest BCUT2D eigenvalue weighted by molar-refractivity contribution is 5.76. The van der Waals surface area contributed by atoms with Gasteiger partial charge in [-0.25, -0.2) is 0 Å². The highest BCUT2D eigenvalue weighted by atomic mass is 16.5. The van der Waals surface area contributed by atoms with Crippen molar-refractivity contribution >= 4 is 5.91 Å². The summed E-state index contributed by atoms with van der Waals surface area (Å²) in [5.74, 6) is 0.569. The Balaban J connectivity index is 1.80. The Hall–Kier alpha value is -2.37. The topological polar surface area (TPSA) is 84.6 Å². The minimum absolute atomic E-state index is 0.101. The zero-order valence-corrected chi connectivity index (χ0v) is 14.7. The second-order valence-electron chi connectivity index (χ2n) is 6.28. The molecule has 1 amide bonds. The first-order valence-corrected chi connectivity index (χ1v) is 8.47. The molecule has 25 heavy (non-hydrogen) atoms. The Morgan fingerprint density at radius 3 is 2.32 bits per heavy atom. The van der Waals surface area contributed by atoms with Crippen molar-refractivity contribution in [2.45, 2.75) is 38.5 Å². The van der Waals surface area contributed by atoms with E-state index in [1.165, 1.54) is 0 Å². The zero-order chi connectivity index (χ0) is 18.2. The Kier molecular flexibility index (Phi) is 6.98. The van der Waals surface area contributed by atoms with Gasteiger partial charge in [-0.05, 0) is 37.1 Å². The number of hydrogen-bond acceptors (Lipinski definition) is 4. The number of aliphatic hydroxyl groups excluding tert-OH is 1. The fourth-order valence-electron chi connectivity index (χ4n) is 2.46. The van der Waals surface area contributed by atoms with E-state index >= 15 is 0 Å². The number of benzene rings is 2. The van der Waals surface area contributed by atoms with E-state index in [9.17, 15) is 9.90 Å². The summed E-state index contributed by atoms with van der Waals surface area (Å²) in [6.45, 7) is 4.06. The predicted octanol–water partition coefficient (Wildman–Crippen LogP) is 2.71. The molecule has 0 bridgehead atoms. The van der Waals surface area contributed by atoms with Crippen LogP contribution in [0.1, 0.15) is 43.5 Å². The lowest BCUT2D eigenvalue weighted by atomic mass is 10.0. The number of amides is 1. The van der Waals surface area contributed by atoms with E-state index in [1.54, 1.807) is 12.1 Å². The molecule has 2 unspecified atom stereocenters. The van der Waals surface area contributed by atoms with Crippen LogP contribution >= 0.6 is 0 Å². The van der Waals surface area contributed by atoms with Crippen LogP contribution in [0.15, 0.2) is 54.6 Å². The lowest BCUT2D eigenvalue weighted by Crippen LogP contribution is -2.31. The van der Waals surface area contributed by atoms with Crippen LogP contribution in [-0.2, 0) is 4.79 Å². The molecular weight excluding hydrogens is 316 g/mol. The monoisotopic (exact) mass is 342 g/mol. The van der Waals surface area contributed by atoms with Gasteiger partial charge in [0.05, 0.1) is 12.2 Å². The number of aliphatic hydroxyl groups is 1. The van der Waals surface area contributed by atoms with Crippen LogP contribution < -0.4 is 15.8 Å². The zero-order valence-electron chi connectivity index (χ0n) is 14.7. The molecular formula is C20H26N2O3. The minimum Gasteiger partial charge on any atom is -0.491 e. The summed E-state index contributed by atoms with van der Waals surface area (Å²) >= 11 is 0. The third-order valence-electron chi connectivity index (χ3n) is 3.76. The molecule has 0 radical (unpaired) electrons. The molecule has 2 aromatic carbocycles. The first kappa shape index (κ1) is 19.0. The Morgan fingerprint density at radius 1 is 1.08 bits per heavy atom. The van der Waals surface area contributed by atoms with Gasteiger partial charge in [-0.1, -0.05) is 42.5 Å². The molecule has 134 valence electrons. The Bertz CT molecular complexity index is 656. The van der Waals surface area contributed by atoms with Gasteiger partial charge in [0.15, 0.2) is 0 Å². The molecule has 0 saturated carbocycles. The largest absolute Gasteiger partial charge is 0.491 e. The van der Waals surface area contributed by atoms with E-state index in [-0.39, 0.29) is 31.0 Å². The lowest BCUT2D eigenvalue weighted by molar-refractivity contribution is -0.121. The van der Waals surface area contributed by atoms with Gasteiger partial charge in [-0.3, -0.25) is 4.79 Å². The van der Waals surface area contributed by atoms with Crippen molar-refractivity contribution in [1.29, 1.82) is 0 Å². The van der Waals surface area contributed by atoms with E-state index in [2.05, 4.69) is 5.32 Å². The van der Waals surface area contributed by atoms with Crippen molar-refractivity contribution in [2.24, 2.45) is 5.73 Å². The highest BCUT2D eigenvalue weighted by Crippen LogP contribution is 2.19. The quantitative estimate of drug-likeness (QED) is 0.689. The van der Waals surface area contributed by atoms with Gasteiger partial charge < -0.3 is 20.9 Å². The van der Waals surface area contributed by atoms with Crippen molar-refractivity contribution in [3.63, 3.8) is 0 Å². The molecule has 5 heteroatoms. The third kappa shape index (κ3) is 6.21. The summed E-state index contributed by atoms with van der Waals surface area (Å²) in [4.78, 5) is 12.0. The SMILES string of the molecule is CC(C)Oc1ccc(C(O)CNC(=O)CC(N)c2ccccc2)cc1. The van der Waals surface area contributed by atoms with Crippen LogP contribution in [-0.4, -0.2) is 23.7 Å². The first-order valence-electron chi connectivity index (χ1n) is 8.47. The molecule has 4 N–H and O–H groups in total. The summed E-state index contributed by atoms with van der Waals surface area (Å²) in [7, 11) is 0. The summed E-state index contributed by atoms with van der Waals surface area (Å²) in [5.41, 5.74) is 7.67. The molecule has 0 spiro atoms. The van der Waals surface area contributed by atoms with Gasteiger partial charge in [0.25, 0.3) is 0 Å². The lowest BCUT2D eigenvalue weighted by Gasteiger charge is -2.16. The third-order valence-corrected chi connectivity index (χ3v) is 3.76. The fraction of sp³-hybridized carbons (Fsp3) is 0.350. The van der Waals surface area contributed by atoms with Crippen molar-refractivity contribution < 1.29 is 14.6 Å². The number of nitrogens with one attached hydrogen (secondary N) is 1. The van der Waals surface area contributed by atoms with Crippen molar-refractivity contribution in [2.75, 3.05) is 6.54 Å². The van der Waals surface area contributed by atoms with E-state index in [1.807, 2.05) is 56.3 Å². The number of nitrogens with two attached hydrogens (primary N) is 1. The summed E-state index contributed by atoms with van der Waals surface area (Å²) in [6.07, 6.45) is -0.494. The van der Waals surface area contributed by atoms with Crippen LogP contribution in [0.4, 0.5) is 0 Å². The van der Waals surface area contributed by atoms with Crippen LogP contribution in [0.2, 0.25) is 0 Å². The maximum Gasteiger partial charge on any atom is 0.222 e. The molecule has 0 aromatic heterocycles. The molecule has 2 aromatic rings. The number of carbonyl (C=O) groups is 1. The van der Waals surface area contributed by atoms with Crippen molar-refractivity contribution in [3.8, 4) is 5.75 Å². The van der Waals surface area contributed by atoms with Crippen molar-refractivity contribution in [3.05, 3.63) is 65.7 Å². The van der Waals surface area contributed by atoms with E-state index in [0.29, 0.717) is 0 Å². The number of rotatable bonds is 8. The summed E-state index contributed by atoms with van der Waals surface area (Å²) in [5, 5.41) is 12.9. The van der Waals surface area contributed by atoms with Gasteiger partial charge in [-0.2, -0.15) is 0 Å². The fourth-order valence-corrected chi connectivity index (χ4v) is 2.46. The molecule has 0 saturated heterocycles. The summed E-state index contributed by atoms with van der Waals surface area (Å²) in [6, 6.07) is 16.3. The molecule has 0 aliphatic rings. The van der Waals surface area contributed by atoms with Crippen LogP contribution in [0.25, 0.3) is 0 Å². The summed E-state index contributed by atoms with van der Waals surface area (Å²) < 4.78 is 5.57. The molecule has 0 fully saturated rings. The predicted molar refractivity (Wildman–Crippen MR) is 98.2 cm³/mol. The molecule has 2 rings (SSSR count).